The summed E-state index contributed by atoms with van der Waals surface area (Å²) in [5.41, 5.74) is 0.925. The molecule has 2 aliphatic heterocycles. The van der Waals surface area contributed by atoms with Gasteiger partial charge >= 0.3 is 6.03 Å². The van der Waals surface area contributed by atoms with Crippen LogP contribution in [-0.2, 0) is 9.53 Å². The van der Waals surface area contributed by atoms with Gasteiger partial charge in [0.25, 0.3) is 0 Å². The van der Waals surface area contributed by atoms with Crippen LogP contribution in [0.25, 0.3) is 0 Å². The molecule has 2 atom stereocenters. The number of aromatic nitrogens is 2. The molecular formula is C20H25FN6O3S. The van der Waals surface area contributed by atoms with Crippen LogP contribution in [-0.4, -0.2) is 65.9 Å². The lowest BCUT2D eigenvalue weighted by molar-refractivity contribution is -0.117. The monoisotopic (exact) mass is 448 g/mol. The second-order valence-electron chi connectivity index (χ2n) is 7.56. The molecule has 2 N–H and O–H groups in total. The van der Waals surface area contributed by atoms with Gasteiger partial charge in [0.1, 0.15) is 23.0 Å². The van der Waals surface area contributed by atoms with Crippen molar-refractivity contribution in [2.75, 3.05) is 43.0 Å². The summed E-state index contributed by atoms with van der Waals surface area (Å²) in [6.45, 7) is 4.64. The predicted molar refractivity (Wildman–Crippen MR) is 115 cm³/mol. The molecule has 2 aromatic rings. The average molecular weight is 449 g/mol. The first-order chi connectivity index (χ1) is 15.0. The second-order valence-corrected chi connectivity index (χ2v) is 8.57. The van der Waals surface area contributed by atoms with Crippen LogP contribution in [0.15, 0.2) is 24.3 Å². The topological polar surface area (TPSA) is 99.7 Å². The van der Waals surface area contributed by atoms with Crippen molar-refractivity contribution in [3.63, 3.8) is 0 Å². The largest absolute Gasteiger partial charge is 0.371 e. The van der Waals surface area contributed by atoms with Crippen molar-refractivity contribution in [3.8, 4) is 0 Å². The smallest absolute Gasteiger partial charge is 0.318 e. The molecule has 1 aromatic carbocycles. The van der Waals surface area contributed by atoms with Crippen LogP contribution >= 0.6 is 11.3 Å². The number of nitrogens with one attached hydrogen (secondary N) is 2. The highest BCUT2D eigenvalue weighted by Gasteiger charge is 2.26. The first-order valence-corrected chi connectivity index (χ1v) is 11.1. The number of halogens is 1. The summed E-state index contributed by atoms with van der Waals surface area (Å²) in [6.07, 6.45) is 1.85. The number of benzene rings is 1. The molecule has 3 heterocycles. The Morgan fingerprint density at radius 1 is 1.19 bits per heavy atom. The lowest BCUT2D eigenvalue weighted by Crippen LogP contribution is -2.54. The number of nitrogens with zero attached hydrogens (tertiary/aromatic N) is 4. The Labute approximate surface area is 183 Å². The minimum Gasteiger partial charge on any atom is -0.371 e. The maximum Gasteiger partial charge on any atom is 0.318 e. The highest BCUT2D eigenvalue weighted by Crippen LogP contribution is 2.31. The number of urea groups is 1. The normalized spacial score (nSPS) is 19.9. The Hall–Kier alpha value is -2.79. The van der Waals surface area contributed by atoms with Crippen molar-refractivity contribution in [2.45, 2.75) is 31.9 Å². The van der Waals surface area contributed by atoms with Crippen molar-refractivity contribution in [1.29, 1.82) is 0 Å². The minimum atomic E-state index is -0.724. The van der Waals surface area contributed by atoms with Gasteiger partial charge in [-0.3, -0.25) is 10.1 Å². The molecule has 11 heteroatoms. The molecule has 4 rings (SSSR count). The molecule has 0 bridgehead atoms. The van der Waals surface area contributed by atoms with Gasteiger partial charge in [0.05, 0.1) is 0 Å². The molecule has 0 spiro atoms. The number of rotatable bonds is 5. The van der Waals surface area contributed by atoms with Crippen LogP contribution in [0.4, 0.5) is 20.0 Å². The molecule has 0 radical (unpaired) electrons. The molecule has 1 aromatic heterocycles. The summed E-state index contributed by atoms with van der Waals surface area (Å²) >= 11 is 1.29. The fourth-order valence-corrected chi connectivity index (χ4v) is 4.39. The molecule has 166 valence electrons. The fourth-order valence-electron chi connectivity index (χ4n) is 3.56. The van der Waals surface area contributed by atoms with E-state index >= 15 is 0 Å². The second kappa shape index (κ2) is 9.56. The van der Waals surface area contributed by atoms with Gasteiger partial charge in [-0.1, -0.05) is 11.3 Å². The van der Waals surface area contributed by atoms with E-state index in [1.54, 1.807) is 24.0 Å². The Kier molecular flexibility index (Phi) is 6.62. The third-order valence-electron chi connectivity index (χ3n) is 5.37. The molecule has 0 aliphatic carbocycles. The first kappa shape index (κ1) is 21.4. The highest BCUT2D eigenvalue weighted by molar-refractivity contribution is 7.15. The van der Waals surface area contributed by atoms with Gasteiger partial charge < -0.3 is 19.9 Å². The molecule has 31 heavy (non-hydrogen) atoms. The van der Waals surface area contributed by atoms with Gasteiger partial charge in [-0.15, -0.1) is 10.2 Å². The first-order valence-electron chi connectivity index (χ1n) is 10.3. The van der Waals surface area contributed by atoms with E-state index < -0.39 is 6.04 Å². The van der Waals surface area contributed by atoms with Crippen LogP contribution in [0.5, 0.6) is 0 Å². The summed E-state index contributed by atoms with van der Waals surface area (Å²) < 4.78 is 18.7. The zero-order valence-corrected chi connectivity index (χ0v) is 18.0. The molecule has 3 amide bonds. The fraction of sp³-hybridized carbons (Fsp3) is 0.500. The van der Waals surface area contributed by atoms with Gasteiger partial charge in [-0.25, -0.2) is 9.18 Å². The molecule has 2 aliphatic rings. The van der Waals surface area contributed by atoms with E-state index in [0.29, 0.717) is 37.9 Å². The van der Waals surface area contributed by atoms with E-state index in [9.17, 15) is 14.0 Å². The molecular weight excluding hydrogens is 423 g/mol. The Bertz CT molecular complexity index is 910. The van der Waals surface area contributed by atoms with Gasteiger partial charge in [0.2, 0.25) is 11.0 Å². The van der Waals surface area contributed by atoms with E-state index in [4.69, 9.17) is 4.74 Å². The van der Waals surface area contributed by atoms with Gasteiger partial charge in [0, 0.05) is 38.5 Å². The Morgan fingerprint density at radius 3 is 2.61 bits per heavy atom. The standard InChI is InChI=1S/C20H25FN6O3S/c1-13(17(28)23-19-25-24-18(31-19)16-3-2-12-30-16)22-20(29)27-10-8-26(9-11-27)15-6-4-14(21)5-7-15/h4-7,13,16H,2-3,8-12H2,1H3,(H,22,29)(H,23,25,28)/t13-,16+/m0/s1. The zero-order valence-electron chi connectivity index (χ0n) is 17.2. The number of carbonyl (C=O) groups is 2. The molecule has 2 fully saturated rings. The van der Waals surface area contributed by atoms with Crippen LogP contribution < -0.4 is 15.5 Å². The summed E-state index contributed by atoms with van der Waals surface area (Å²) in [5, 5.41) is 14.7. The van der Waals surface area contributed by atoms with E-state index in [1.807, 2.05) is 0 Å². The average Bonchev–Trinajstić information content (AvgIpc) is 3.46. The number of hydrogen-bond donors (Lipinski definition) is 2. The van der Waals surface area contributed by atoms with Gasteiger partial charge in [0.15, 0.2) is 0 Å². The number of carbonyl (C=O) groups excluding carboxylic acids is 2. The number of amides is 3. The minimum absolute atomic E-state index is 0.0474. The summed E-state index contributed by atoms with van der Waals surface area (Å²) in [7, 11) is 0. The SMILES string of the molecule is C[C@H](NC(=O)N1CCN(c2ccc(F)cc2)CC1)C(=O)Nc1nnc([C@H]2CCCO2)s1. The maximum atomic E-state index is 13.1. The van der Waals surface area contributed by atoms with Gasteiger partial charge in [-0.05, 0) is 44.0 Å². The molecule has 9 nitrogen and oxygen atoms in total. The highest BCUT2D eigenvalue weighted by atomic mass is 32.1. The van der Waals surface area contributed by atoms with Crippen molar-refractivity contribution in [2.24, 2.45) is 0 Å². The van der Waals surface area contributed by atoms with Crippen molar-refractivity contribution < 1.29 is 18.7 Å². The van der Waals surface area contributed by atoms with Gasteiger partial charge in [-0.2, -0.15) is 0 Å². The van der Waals surface area contributed by atoms with E-state index in [-0.39, 0.29) is 23.9 Å². The molecule has 0 saturated carbocycles. The van der Waals surface area contributed by atoms with Crippen LogP contribution in [0.3, 0.4) is 0 Å². The van der Waals surface area contributed by atoms with Crippen LogP contribution in [0, 0.1) is 5.82 Å². The van der Waals surface area contributed by atoms with Crippen molar-refractivity contribution >= 4 is 34.1 Å². The van der Waals surface area contributed by atoms with Crippen LogP contribution in [0.2, 0.25) is 0 Å². The lowest BCUT2D eigenvalue weighted by atomic mass is 10.2. The number of ether oxygens (including phenoxy) is 1. The lowest BCUT2D eigenvalue weighted by Gasteiger charge is -2.36. The predicted octanol–water partition coefficient (Wildman–Crippen LogP) is 2.39. The van der Waals surface area contributed by atoms with Crippen molar-refractivity contribution in [1.82, 2.24) is 20.4 Å². The third-order valence-corrected chi connectivity index (χ3v) is 6.30. The van der Waals surface area contributed by atoms with Crippen LogP contribution in [0.1, 0.15) is 30.9 Å². The van der Waals surface area contributed by atoms with E-state index in [0.717, 1.165) is 23.5 Å². The number of hydrogen-bond acceptors (Lipinski definition) is 7. The summed E-state index contributed by atoms with van der Waals surface area (Å²) in [6, 6.07) is 5.30. The Morgan fingerprint density at radius 2 is 1.94 bits per heavy atom. The zero-order chi connectivity index (χ0) is 21.8. The summed E-state index contributed by atoms with van der Waals surface area (Å²) in [5.74, 6) is -0.626. The van der Waals surface area contributed by atoms with E-state index in [1.165, 1.54) is 23.5 Å². The molecule has 0 unspecified atom stereocenters. The quantitative estimate of drug-likeness (QED) is 0.729. The van der Waals surface area contributed by atoms with E-state index in [2.05, 4.69) is 25.7 Å². The van der Waals surface area contributed by atoms with Crippen molar-refractivity contribution in [3.05, 3.63) is 35.1 Å². The Balaban J connectivity index is 1.23. The third kappa shape index (κ3) is 5.28. The number of anilines is 2. The molecule has 2 saturated heterocycles. The number of piperazine rings is 1. The maximum absolute atomic E-state index is 13.1. The summed E-state index contributed by atoms with van der Waals surface area (Å²) in [4.78, 5) is 28.8.